The van der Waals surface area contributed by atoms with Crippen LogP contribution < -0.4 is 5.32 Å². The molecule has 1 heterocycles. The van der Waals surface area contributed by atoms with Crippen LogP contribution in [0.15, 0.2) is 24.3 Å². The number of hydrogen-bond acceptors (Lipinski definition) is 1. The molecule has 1 heteroatoms. The molecule has 2 unspecified atom stereocenters. The Labute approximate surface area is 98.3 Å². The van der Waals surface area contributed by atoms with Crippen LogP contribution in [-0.2, 0) is 6.42 Å². The first kappa shape index (κ1) is 10.3. The fraction of sp³-hybridized carbons (Fsp3) is 0.600. The first-order chi connectivity index (χ1) is 7.75. The maximum Gasteiger partial charge on any atom is 0.0354 e. The molecule has 3 rings (SSSR count). The Hall–Kier alpha value is -0.820. The van der Waals surface area contributed by atoms with Gasteiger partial charge in [-0.2, -0.15) is 0 Å². The molecule has 1 nitrogen and oxygen atoms in total. The lowest BCUT2D eigenvalue weighted by atomic mass is 9.84. The monoisotopic (exact) mass is 215 g/mol. The summed E-state index contributed by atoms with van der Waals surface area (Å²) in [5.41, 5.74) is 3.15. The van der Waals surface area contributed by atoms with Crippen LogP contribution in [-0.4, -0.2) is 6.04 Å². The Kier molecular flexibility index (Phi) is 2.51. The van der Waals surface area contributed by atoms with Gasteiger partial charge >= 0.3 is 0 Å². The zero-order valence-electron chi connectivity index (χ0n) is 10.2. The van der Waals surface area contributed by atoms with Gasteiger partial charge < -0.3 is 5.32 Å². The molecule has 1 saturated carbocycles. The Bertz CT molecular complexity index is 379. The third kappa shape index (κ3) is 1.78. The van der Waals surface area contributed by atoms with Crippen LogP contribution in [0.4, 0.5) is 0 Å². The summed E-state index contributed by atoms with van der Waals surface area (Å²) in [6.45, 7) is 4.66. The highest BCUT2D eigenvalue weighted by molar-refractivity contribution is 5.34. The molecule has 86 valence electrons. The number of rotatable bonds is 2. The number of hydrogen-bond donors (Lipinski definition) is 1. The second kappa shape index (κ2) is 3.89. The second-order valence-electron chi connectivity index (χ2n) is 5.74. The van der Waals surface area contributed by atoms with Crippen molar-refractivity contribution in [2.45, 2.75) is 45.2 Å². The standard InChI is InChI=1S/C15H21N/c1-10(2)14-9-12-5-3-4-6-13(12)15(16-14)11-7-8-11/h3-6,10-11,14-16H,7-9H2,1-2H3. The molecular weight excluding hydrogens is 194 g/mol. The molecule has 0 bridgehead atoms. The largest absolute Gasteiger partial charge is 0.306 e. The summed E-state index contributed by atoms with van der Waals surface area (Å²) in [7, 11) is 0. The third-order valence-corrected chi connectivity index (χ3v) is 4.12. The first-order valence-corrected chi connectivity index (χ1v) is 6.59. The Morgan fingerprint density at radius 2 is 1.94 bits per heavy atom. The lowest BCUT2D eigenvalue weighted by Gasteiger charge is -2.35. The van der Waals surface area contributed by atoms with Crippen LogP contribution in [0.5, 0.6) is 0 Å². The zero-order valence-corrected chi connectivity index (χ0v) is 10.2. The summed E-state index contributed by atoms with van der Waals surface area (Å²) >= 11 is 0. The fourth-order valence-electron chi connectivity index (χ4n) is 2.89. The number of fused-ring (bicyclic) bond motifs is 1. The van der Waals surface area contributed by atoms with Gasteiger partial charge in [0, 0.05) is 12.1 Å². The van der Waals surface area contributed by atoms with Gasteiger partial charge in [-0.05, 0) is 42.2 Å². The molecule has 1 aliphatic heterocycles. The van der Waals surface area contributed by atoms with E-state index in [-0.39, 0.29) is 0 Å². The van der Waals surface area contributed by atoms with Crippen molar-refractivity contribution >= 4 is 0 Å². The first-order valence-electron chi connectivity index (χ1n) is 6.59. The van der Waals surface area contributed by atoms with E-state index >= 15 is 0 Å². The smallest absolute Gasteiger partial charge is 0.0354 e. The molecule has 0 spiro atoms. The predicted octanol–water partition coefficient (Wildman–Crippen LogP) is 3.31. The van der Waals surface area contributed by atoms with Crippen LogP contribution >= 0.6 is 0 Å². The average molecular weight is 215 g/mol. The minimum Gasteiger partial charge on any atom is -0.306 e. The molecule has 2 atom stereocenters. The van der Waals surface area contributed by atoms with Crippen LogP contribution in [0, 0.1) is 11.8 Å². The topological polar surface area (TPSA) is 12.0 Å². The Balaban J connectivity index is 1.93. The quantitative estimate of drug-likeness (QED) is 0.798. The van der Waals surface area contributed by atoms with Crippen molar-refractivity contribution in [2.24, 2.45) is 11.8 Å². The van der Waals surface area contributed by atoms with Gasteiger partial charge in [0.1, 0.15) is 0 Å². The van der Waals surface area contributed by atoms with Crippen LogP contribution in [0.1, 0.15) is 43.9 Å². The van der Waals surface area contributed by atoms with Crippen molar-refractivity contribution in [3.05, 3.63) is 35.4 Å². The molecule has 0 aromatic heterocycles. The second-order valence-corrected chi connectivity index (χ2v) is 5.74. The van der Waals surface area contributed by atoms with Gasteiger partial charge in [0.25, 0.3) is 0 Å². The molecule has 1 aromatic rings. The lowest BCUT2D eigenvalue weighted by molar-refractivity contribution is 0.312. The molecule has 0 saturated heterocycles. The van der Waals surface area contributed by atoms with Gasteiger partial charge in [-0.3, -0.25) is 0 Å². The number of nitrogens with one attached hydrogen (secondary N) is 1. The summed E-state index contributed by atoms with van der Waals surface area (Å²) < 4.78 is 0. The summed E-state index contributed by atoms with van der Waals surface area (Å²) in [4.78, 5) is 0. The van der Waals surface area contributed by atoms with E-state index in [2.05, 4.69) is 43.4 Å². The van der Waals surface area contributed by atoms with Crippen LogP contribution in [0.3, 0.4) is 0 Å². The summed E-state index contributed by atoms with van der Waals surface area (Å²) in [5.74, 6) is 1.64. The average Bonchev–Trinajstić information content (AvgIpc) is 3.11. The van der Waals surface area contributed by atoms with Crippen molar-refractivity contribution in [1.29, 1.82) is 0 Å². The van der Waals surface area contributed by atoms with E-state index in [1.807, 2.05) is 0 Å². The van der Waals surface area contributed by atoms with Crippen molar-refractivity contribution < 1.29 is 0 Å². The van der Waals surface area contributed by atoms with Gasteiger partial charge in [-0.15, -0.1) is 0 Å². The molecule has 0 radical (unpaired) electrons. The van der Waals surface area contributed by atoms with E-state index in [1.54, 1.807) is 11.1 Å². The minimum absolute atomic E-state index is 0.636. The molecule has 1 aromatic carbocycles. The highest BCUT2D eigenvalue weighted by Gasteiger charge is 2.37. The molecule has 1 aliphatic carbocycles. The Morgan fingerprint density at radius 3 is 2.62 bits per heavy atom. The van der Waals surface area contributed by atoms with Crippen molar-refractivity contribution in [2.75, 3.05) is 0 Å². The fourth-order valence-corrected chi connectivity index (χ4v) is 2.89. The third-order valence-electron chi connectivity index (χ3n) is 4.12. The van der Waals surface area contributed by atoms with Crippen molar-refractivity contribution in [3.8, 4) is 0 Å². The van der Waals surface area contributed by atoms with E-state index in [9.17, 15) is 0 Å². The maximum absolute atomic E-state index is 3.87. The zero-order chi connectivity index (χ0) is 11.1. The van der Waals surface area contributed by atoms with E-state index in [0.29, 0.717) is 12.1 Å². The highest BCUT2D eigenvalue weighted by atomic mass is 15.0. The summed E-state index contributed by atoms with van der Waals surface area (Å²) in [5, 5.41) is 3.87. The molecule has 1 fully saturated rings. The summed E-state index contributed by atoms with van der Waals surface area (Å²) in [6.07, 6.45) is 4.03. The molecule has 0 amide bonds. The van der Waals surface area contributed by atoms with Crippen LogP contribution in [0.2, 0.25) is 0 Å². The molecule has 16 heavy (non-hydrogen) atoms. The van der Waals surface area contributed by atoms with Crippen molar-refractivity contribution in [3.63, 3.8) is 0 Å². The SMILES string of the molecule is CC(C)C1Cc2ccccc2C(C2CC2)N1. The minimum atomic E-state index is 0.636. The molecule has 2 aliphatic rings. The van der Waals surface area contributed by atoms with Crippen molar-refractivity contribution in [1.82, 2.24) is 5.32 Å². The lowest BCUT2D eigenvalue weighted by Crippen LogP contribution is -2.43. The van der Waals surface area contributed by atoms with Gasteiger partial charge in [0.05, 0.1) is 0 Å². The van der Waals surface area contributed by atoms with E-state index < -0.39 is 0 Å². The van der Waals surface area contributed by atoms with Crippen LogP contribution in [0.25, 0.3) is 0 Å². The van der Waals surface area contributed by atoms with E-state index in [4.69, 9.17) is 0 Å². The number of benzene rings is 1. The Morgan fingerprint density at radius 1 is 1.19 bits per heavy atom. The van der Waals surface area contributed by atoms with Gasteiger partial charge in [0.2, 0.25) is 0 Å². The molecular formula is C15H21N. The normalized spacial score (nSPS) is 29.2. The maximum atomic E-state index is 3.87. The van der Waals surface area contributed by atoms with Gasteiger partial charge in [-0.25, -0.2) is 0 Å². The van der Waals surface area contributed by atoms with Gasteiger partial charge in [0.15, 0.2) is 0 Å². The van der Waals surface area contributed by atoms with E-state index in [1.165, 1.54) is 19.3 Å². The van der Waals surface area contributed by atoms with E-state index in [0.717, 1.165) is 11.8 Å². The summed E-state index contributed by atoms with van der Waals surface area (Å²) in [6, 6.07) is 10.3. The van der Waals surface area contributed by atoms with Gasteiger partial charge in [-0.1, -0.05) is 38.1 Å². The predicted molar refractivity (Wildman–Crippen MR) is 67.4 cm³/mol. The highest BCUT2D eigenvalue weighted by Crippen LogP contribution is 2.44. The molecule has 1 N–H and O–H groups in total.